The normalized spacial score (nSPS) is 11.3. The smallest absolute Gasteiger partial charge is 0.267 e. The van der Waals surface area contributed by atoms with Crippen LogP contribution in [-0.2, 0) is 17.9 Å². The van der Waals surface area contributed by atoms with E-state index in [1.54, 1.807) is 16.2 Å². The summed E-state index contributed by atoms with van der Waals surface area (Å²) in [5.41, 5.74) is 6.63. The molecule has 1 aromatic heterocycles. The molecule has 144 valence electrons. The Hall–Kier alpha value is -3.29. The summed E-state index contributed by atoms with van der Waals surface area (Å²) in [5, 5.41) is 17.0. The van der Waals surface area contributed by atoms with Gasteiger partial charge in [0, 0.05) is 18.2 Å². The average molecular weight is 377 g/mol. The standard InChI is InChI=1S/C21H23N5O2/c1-25(2)13-17-7-10-19(11-8-17)20-15-26(24-22-20)14-18-5-3-16(4-6-18)9-12-21(27)23-28/h3-12,15,28H,13-14H2,1-2H3,(H,23,27). The van der Waals surface area contributed by atoms with Crippen LogP contribution in [0.5, 0.6) is 0 Å². The molecule has 1 heterocycles. The maximum Gasteiger partial charge on any atom is 0.267 e. The number of nitrogens with zero attached hydrogens (tertiary/aromatic N) is 4. The van der Waals surface area contributed by atoms with E-state index >= 15 is 0 Å². The zero-order chi connectivity index (χ0) is 19.9. The molecule has 0 fully saturated rings. The third-order valence-corrected chi connectivity index (χ3v) is 4.15. The summed E-state index contributed by atoms with van der Waals surface area (Å²) in [5.74, 6) is -0.561. The summed E-state index contributed by atoms with van der Waals surface area (Å²) < 4.78 is 1.80. The molecule has 7 nitrogen and oxygen atoms in total. The number of benzene rings is 2. The van der Waals surface area contributed by atoms with Gasteiger partial charge < -0.3 is 4.90 Å². The Kier molecular flexibility index (Phi) is 6.31. The minimum atomic E-state index is -0.561. The number of carbonyl (C=O) groups is 1. The molecule has 2 N–H and O–H groups in total. The van der Waals surface area contributed by atoms with E-state index in [9.17, 15) is 4.79 Å². The van der Waals surface area contributed by atoms with Crippen molar-refractivity contribution in [3.05, 3.63) is 77.5 Å². The van der Waals surface area contributed by atoms with Crippen molar-refractivity contribution >= 4 is 12.0 Å². The second-order valence-electron chi connectivity index (χ2n) is 6.79. The van der Waals surface area contributed by atoms with E-state index in [0.29, 0.717) is 6.54 Å². The molecule has 0 aliphatic rings. The SMILES string of the molecule is CN(C)Cc1ccc(-c2cn(Cc3ccc(C=CC(=O)NO)cc3)nn2)cc1. The summed E-state index contributed by atoms with van der Waals surface area (Å²) in [7, 11) is 4.10. The van der Waals surface area contributed by atoms with Crippen molar-refractivity contribution in [1.29, 1.82) is 0 Å². The van der Waals surface area contributed by atoms with Crippen molar-refractivity contribution in [3.63, 3.8) is 0 Å². The summed E-state index contributed by atoms with van der Waals surface area (Å²) in [4.78, 5) is 13.1. The Labute approximate surface area is 163 Å². The van der Waals surface area contributed by atoms with Crippen LogP contribution in [0.2, 0.25) is 0 Å². The Bertz CT molecular complexity index is 944. The number of nitrogens with one attached hydrogen (secondary N) is 1. The second-order valence-corrected chi connectivity index (χ2v) is 6.79. The van der Waals surface area contributed by atoms with E-state index in [1.165, 1.54) is 11.6 Å². The lowest BCUT2D eigenvalue weighted by Crippen LogP contribution is -2.14. The van der Waals surface area contributed by atoms with Crippen LogP contribution in [0, 0.1) is 0 Å². The van der Waals surface area contributed by atoms with Crippen molar-refractivity contribution in [2.24, 2.45) is 0 Å². The van der Waals surface area contributed by atoms with Crippen molar-refractivity contribution in [2.45, 2.75) is 13.1 Å². The van der Waals surface area contributed by atoms with Gasteiger partial charge in [-0.05, 0) is 36.9 Å². The van der Waals surface area contributed by atoms with Crippen LogP contribution in [0.3, 0.4) is 0 Å². The third-order valence-electron chi connectivity index (χ3n) is 4.15. The lowest BCUT2D eigenvalue weighted by molar-refractivity contribution is -0.124. The molecule has 0 bridgehead atoms. The quantitative estimate of drug-likeness (QED) is 0.376. The van der Waals surface area contributed by atoms with Gasteiger partial charge in [0.15, 0.2) is 0 Å². The molecule has 3 aromatic rings. The summed E-state index contributed by atoms with van der Waals surface area (Å²) in [6, 6.07) is 16.1. The van der Waals surface area contributed by atoms with Crippen LogP contribution in [0.25, 0.3) is 17.3 Å². The van der Waals surface area contributed by atoms with Gasteiger partial charge in [0.1, 0.15) is 5.69 Å². The van der Waals surface area contributed by atoms with Crippen LogP contribution < -0.4 is 5.48 Å². The average Bonchev–Trinajstić information content (AvgIpc) is 3.15. The fraction of sp³-hybridized carbons (Fsp3) is 0.190. The zero-order valence-electron chi connectivity index (χ0n) is 15.9. The number of hydrogen-bond acceptors (Lipinski definition) is 5. The highest BCUT2D eigenvalue weighted by molar-refractivity contribution is 5.90. The topological polar surface area (TPSA) is 83.3 Å². The predicted octanol–water partition coefficient (Wildman–Crippen LogP) is 2.57. The number of rotatable bonds is 7. The number of hydrogen-bond donors (Lipinski definition) is 2. The number of amides is 1. The monoisotopic (exact) mass is 377 g/mol. The minimum Gasteiger partial charge on any atom is -0.305 e. The summed E-state index contributed by atoms with van der Waals surface area (Å²) in [6.07, 6.45) is 4.83. The van der Waals surface area contributed by atoms with Crippen molar-refractivity contribution < 1.29 is 10.0 Å². The molecular weight excluding hydrogens is 354 g/mol. The van der Waals surface area contributed by atoms with E-state index in [0.717, 1.165) is 28.9 Å². The molecule has 0 unspecified atom stereocenters. The molecule has 0 saturated carbocycles. The van der Waals surface area contributed by atoms with E-state index in [2.05, 4.69) is 39.5 Å². The molecule has 2 aromatic carbocycles. The first kappa shape index (κ1) is 19.5. The van der Waals surface area contributed by atoms with Crippen molar-refractivity contribution in [2.75, 3.05) is 14.1 Å². The third kappa shape index (κ3) is 5.35. The van der Waals surface area contributed by atoms with E-state index in [4.69, 9.17) is 5.21 Å². The fourth-order valence-corrected chi connectivity index (χ4v) is 2.78. The van der Waals surface area contributed by atoms with Gasteiger partial charge >= 0.3 is 0 Å². The van der Waals surface area contributed by atoms with Gasteiger partial charge in [-0.2, -0.15) is 0 Å². The molecule has 0 spiro atoms. The van der Waals surface area contributed by atoms with E-state index in [-0.39, 0.29) is 0 Å². The van der Waals surface area contributed by atoms with Gasteiger partial charge in [-0.15, -0.1) is 5.10 Å². The lowest BCUT2D eigenvalue weighted by atomic mass is 10.1. The van der Waals surface area contributed by atoms with Crippen molar-refractivity contribution in [3.8, 4) is 11.3 Å². The number of aromatic nitrogens is 3. The van der Waals surface area contributed by atoms with Crippen LogP contribution in [-0.4, -0.2) is 45.1 Å². The molecule has 0 aliphatic heterocycles. The zero-order valence-corrected chi connectivity index (χ0v) is 15.9. The number of carbonyl (C=O) groups excluding carboxylic acids is 1. The Morgan fingerprint density at radius 1 is 1.11 bits per heavy atom. The minimum absolute atomic E-state index is 0.561. The highest BCUT2D eigenvalue weighted by atomic mass is 16.5. The summed E-state index contributed by atoms with van der Waals surface area (Å²) in [6.45, 7) is 1.51. The second kappa shape index (κ2) is 9.07. The van der Waals surface area contributed by atoms with E-state index < -0.39 is 5.91 Å². The van der Waals surface area contributed by atoms with Crippen LogP contribution in [0.15, 0.2) is 60.8 Å². The molecular formula is C21H23N5O2. The van der Waals surface area contributed by atoms with Gasteiger partial charge in [0.2, 0.25) is 0 Å². The molecule has 0 saturated heterocycles. The summed E-state index contributed by atoms with van der Waals surface area (Å²) >= 11 is 0. The lowest BCUT2D eigenvalue weighted by Gasteiger charge is -2.09. The van der Waals surface area contributed by atoms with Crippen molar-refractivity contribution in [1.82, 2.24) is 25.4 Å². The van der Waals surface area contributed by atoms with Gasteiger partial charge in [-0.1, -0.05) is 53.7 Å². The molecule has 3 rings (SSSR count). The van der Waals surface area contributed by atoms with Gasteiger partial charge in [-0.25, -0.2) is 10.2 Å². The molecule has 28 heavy (non-hydrogen) atoms. The highest BCUT2D eigenvalue weighted by Crippen LogP contribution is 2.18. The van der Waals surface area contributed by atoms with Gasteiger partial charge in [0.05, 0.1) is 12.7 Å². The van der Waals surface area contributed by atoms with E-state index in [1.807, 2.05) is 44.6 Å². The first-order chi connectivity index (χ1) is 13.5. The fourth-order valence-electron chi connectivity index (χ4n) is 2.78. The maximum absolute atomic E-state index is 11.0. The molecule has 1 amide bonds. The Balaban J connectivity index is 1.64. The first-order valence-electron chi connectivity index (χ1n) is 8.89. The molecule has 0 radical (unpaired) electrons. The predicted molar refractivity (Wildman–Crippen MR) is 107 cm³/mol. The molecule has 0 atom stereocenters. The highest BCUT2D eigenvalue weighted by Gasteiger charge is 2.05. The van der Waals surface area contributed by atoms with Crippen LogP contribution in [0.4, 0.5) is 0 Å². The molecule has 7 heteroatoms. The number of hydroxylamine groups is 1. The molecule has 0 aliphatic carbocycles. The maximum atomic E-state index is 11.0. The Morgan fingerprint density at radius 3 is 2.43 bits per heavy atom. The first-order valence-corrected chi connectivity index (χ1v) is 8.89. The Morgan fingerprint density at radius 2 is 1.79 bits per heavy atom. The van der Waals surface area contributed by atoms with Crippen LogP contribution in [0.1, 0.15) is 16.7 Å². The van der Waals surface area contributed by atoms with Gasteiger partial charge in [0.25, 0.3) is 5.91 Å². The largest absolute Gasteiger partial charge is 0.305 e. The van der Waals surface area contributed by atoms with Gasteiger partial charge in [-0.3, -0.25) is 10.0 Å². The van der Waals surface area contributed by atoms with Crippen LogP contribution >= 0.6 is 0 Å².